The Morgan fingerprint density at radius 3 is 2.76 bits per heavy atom. The molecule has 160 valence electrons. The quantitative estimate of drug-likeness (QED) is 0.433. The summed E-state index contributed by atoms with van der Waals surface area (Å²) in [4.78, 5) is 11.9. The van der Waals surface area contributed by atoms with Crippen LogP contribution >= 0.6 is 15.9 Å². The number of ether oxygens (including phenoxy) is 4. The summed E-state index contributed by atoms with van der Waals surface area (Å²) < 4.78 is 24.5. The molecule has 0 N–H and O–H groups in total. The minimum absolute atomic E-state index is 0.0535. The van der Waals surface area contributed by atoms with Crippen LogP contribution in [0, 0.1) is 11.8 Å². The average molecular weight is 467 g/mol. The molecule has 5 nitrogen and oxygen atoms in total. The van der Waals surface area contributed by atoms with Crippen molar-refractivity contribution in [3.63, 3.8) is 0 Å². The number of benzene rings is 1. The Bertz CT molecular complexity index is 677. The van der Waals surface area contributed by atoms with Crippen LogP contribution in [-0.2, 0) is 30.3 Å². The van der Waals surface area contributed by atoms with Gasteiger partial charge in [-0.05, 0) is 44.1 Å². The lowest BCUT2D eigenvalue weighted by molar-refractivity contribution is -0.199. The molecule has 2 saturated carbocycles. The number of halogens is 1. The molecule has 4 unspecified atom stereocenters. The molecule has 1 saturated heterocycles. The lowest BCUT2D eigenvalue weighted by Gasteiger charge is -2.34. The fourth-order valence-corrected chi connectivity index (χ4v) is 6.56. The van der Waals surface area contributed by atoms with E-state index >= 15 is 0 Å². The third-order valence-electron chi connectivity index (χ3n) is 6.61. The molecule has 2 aliphatic carbocycles. The summed E-state index contributed by atoms with van der Waals surface area (Å²) in [7, 11) is 0. The molecular formula is C23H31BrO5. The molecular weight excluding hydrogens is 436 g/mol. The van der Waals surface area contributed by atoms with Crippen molar-refractivity contribution in [1.82, 2.24) is 0 Å². The van der Waals surface area contributed by atoms with Crippen LogP contribution in [0.4, 0.5) is 0 Å². The summed E-state index contributed by atoms with van der Waals surface area (Å²) in [6.07, 6.45) is 5.80. The monoisotopic (exact) mass is 466 g/mol. The van der Waals surface area contributed by atoms with Crippen LogP contribution in [0.3, 0.4) is 0 Å². The largest absolute Gasteiger partial charge is 0.458 e. The molecule has 6 atom stereocenters. The van der Waals surface area contributed by atoms with Gasteiger partial charge in [0.1, 0.15) is 5.60 Å². The second-order valence-electron chi connectivity index (χ2n) is 8.51. The maximum atomic E-state index is 11.9. The molecule has 0 bridgehead atoms. The molecule has 3 aliphatic rings. The third-order valence-corrected chi connectivity index (χ3v) is 7.90. The molecule has 29 heavy (non-hydrogen) atoms. The molecule has 0 aromatic heterocycles. The highest BCUT2D eigenvalue weighted by molar-refractivity contribution is 9.09. The Kier molecular flexibility index (Phi) is 6.94. The van der Waals surface area contributed by atoms with Gasteiger partial charge in [0, 0.05) is 25.4 Å². The smallest absolute Gasteiger partial charge is 0.303 e. The second kappa shape index (κ2) is 9.46. The number of hydrogen-bond donors (Lipinski definition) is 0. The fraction of sp³-hybridized carbons (Fsp3) is 0.696. The molecule has 0 spiro atoms. The van der Waals surface area contributed by atoms with Gasteiger partial charge in [0.25, 0.3) is 0 Å². The van der Waals surface area contributed by atoms with Gasteiger partial charge in [-0.2, -0.15) is 0 Å². The molecule has 3 fully saturated rings. The van der Waals surface area contributed by atoms with Crippen molar-refractivity contribution in [3.8, 4) is 0 Å². The van der Waals surface area contributed by atoms with E-state index in [-0.39, 0.29) is 35.0 Å². The lowest BCUT2D eigenvalue weighted by Crippen LogP contribution is -2.44. The van der Waals surface area contributed by atoms with Crippen molar-refractivity contribution >= 4 is 21.9 Å². The summed E-state index contributed by atoms with van der Waals surface area (Å²) in [6, 6.07) is 10.2. The Labute approximate surface area is 181 Å². The van der Waals surface area contributed by atoms with E-state index in [0.29, 0.717) is 13.2 Å². The normalized spacial score (nSPS) is 36.7. The maximum absolute atomic E-state index is 11.9. The number of alkyl halides is 1. The van der Waals surface area contributed by atoms with Gasteiger partial charge in [-0.1, -0.05) is 46.3 Å². The van der Waals surface area contributed by atoms with E-state index in [2.05, 4.69) is 28.1 Å². The van der Waals surface area contributed by atoms with Gasteiger partial charge in [-0.3, -0.25) is 4.79 Å². The van der Waals surface area contributed by atoms with Gasteiger partial charge in [-0.25, -0.2) is 0 Å². The minimum atomic E-state index is -0.508. The summed E-state index contributed by atoms with van der Waals surface area (Å²) in [5, 5.41) is 0. The van der Waals surface area contributed by atoms with E-state index in [4.69, 9.17) is 18.9 Å². The standard InChI is InChI=1S/C23H31BrO5/c1-16(25)29-23-12-7-10-19(23)18(15-26-14-17-8-3-2-4-9-17)21(22(23)24)28-20-11-5-6-13-27-20/h2-4,8-9,18-22H,5-7,10-15H2,1H3/t18?,19-,20?,21?,22?,23+/m0/s1. The Balaban J connectivity index is 1.50. The molecule has 6 heteroatoms. The summed E-state index contributed by atoms with van der Waals surface area (Å²) in [5.41, 5.74) is 0.651. The van der Waals surface area contributed by atoms with Gasteiger partial charge in [-0.15, -0.1) is 0 Å². The lowest BCUT2D eigenvalue weighted by atomic mass is 9.88. The van der Waals surface area contributed by atoms with Gasteiger partial charge in [0.15, 0.2) is 6.29 Å². The molecule has 4 rings (SSSR count). The summed E-state index contributed by atoms with van der Waals surface area (Å²) in [6.45, 7) is 3.41. The van der Waals surface area contributed by atoms with Gasteiger partial charge < -0.3 is 18.9 Å². The highest BCUT2D eigenvalue weighted by Gasteiger charge is 2.64. The third kappa shape index (κ3) is 4.55. The zero-order chi connectivity index (χ0) is 20.3. The Morgan fingerprint density at radius 1 is 1.21 bits per heavy atom. The van der Waals surface area contributed by atoms with Crippen LogP contribution in [0.5, 0.6) is 0 Å². The van der Waals surface area contributed by atoms with E-state index in [1.54, 1.807) is 0 Å². The molecule has 0 amide bonds. The Morgan fingerprint density at radius 2 is 2.03 bits per heavy atom. The van der Waals surface area contributed by atoms with Crippen LogP contribution in [0.1, 0.15) is 51.0 Å². The number of esters is 1. The highest BCUT2D eigenvalue weighted by atomic mass is 79.9. The van der Waals surface area contributed by atoms with Crippen molar-refractivity contribution < 1.29 is 23.7 Å². The topological polar surface area (TPSA) is 54.0 Å². The van der Waals surface area contributed by atoms with Crippen LogP contribution in [0.2, 0.25) is 0 Å². The number of fused-ring (bicyclic) bond motifs is 1. The highest BCUT2D eigenvalue weighted by Crippen LogP contribution is 2.57. The zero-order valence-corrected chi connectivity index (χ0v) is 18.6. The van der Waals surface area contributed by atoms with E-state index in [1.165, 1.54) is 6.92 Å². The SMILES string of the molecule is CC(=O)O[C@]12CCC[C@H]1C(COCc1ccccc1)C(OC1CCCCO1)C2Br. The van der Waals surface area contributed by atoms with Gasteiger partial charge >= 0.3 is 5.97 Å². The van der Waals surface area contributed by atoms with Gasteiger partial charge in [0.2, 0.25) is 0 Å². The molecule has 1 aliphatic heterocycles. The fourth-order valence-electron chi connectivity index (χ4n) is 5.38. The van der Waals surface area contributed by atoms with Crippen molar-refractivity contribution in [3.05, 3.63) is 35.9 Å². The van der Waals surface area contributed by atoms with Crippen LogP contribution in [-0.4, -0.2) is 42.0 Å². The summed E-state index contributed by atoms with van der Waals surface area (Å²) in [5.74, 6) is 0.176. The first-order chi connectivity index (χ1) is 14.1. The van der Waals surface area contributed by atoms with E-state index in [9.17, 15) is 4.79 Å². The van der Waals surface area contributed by atoms with Crippen LogP contribution in [0.15, 0.2) is 30.3 Å². The van der Waals surface area contributed by atoms with E-state index in [1.807, 2.05) is 18.2 Å². The van der Waals surface area contributed by atoms with E-state index < -0.39 is 5.60 Å². The van der Waals surface area contributed by atoms with Crippen molar-refractivity contribution in [1.29, 1.82) is 0 Å². The predicted octanol–water partition coefficient (Wildman–Crippen LogP) is 4.61. The number of rotatable bonds is 7. The summed E-state index contributed by atoms with van der Waals surface area (Å²) >= 11 is 3.89. The second-order valence-corrected chi connectivity index (χ2v) is 9.50. The maximum Gasteiger partial charge on any atom is 0.303 e. The van der Waals surface area contributed by atoms with Crippen LogP contribution in [0.25, 0.3) is 0 Å². The van der Waals surface area contributed by atoms with Gasteiger partial charge in [0.05, 0.1) is 24.1 Å². The Hall–Kier alpha value is -0.950. The predicted molar refractivity (Wildman–Crippen MR) is 113 cm³/mol. The number of hydrogen-bond acceptors (Lipinski definition) is 5. The van der Waals surface area contributed by atoms with E-state index in [0.717, 1.165) is 50.7 Å². The zero-order valence-electron chi connectivity index (χ0n) is 17.1. The van der Waals surface area contributed by atoms with Crippen molar-refractivity contribution in [2.45, 2.75) is 74.9 Å². The van der Waals surface area contributed by atoms with Crippen molar-refractivity contribution in [2.24, 2.45) is 11.8 Å². The molecule has 1 aromatic carbocycles. The first kappa shape index (κ1) is 21.3. The number of carbonyl (C=O) groups excluding carboxylic acids is 1. The molecule has 0 radical (unpaired) electrons. The van der Waals surface area contributed by atoms with Crippen LogP contribution < -0.4 is 0 Å². The molecule has 1 aromatic rings. The van der Waals surface area contributed by atoms with Crippen molar-refractivity contribution in [2.75, 3.05) is 13.2 Å². The first-order valence-corrected chi connectivity index (χ1v) is 11.7. The first-order valence-electron chi connectivity index (χ1n) is 10.8. The molecule has 1 heterocycles. The number of carbonyl (C=O) groups is 1. The average Bonchev–Trinajstić information content (AvgIpc) is 3.22. The minimum Gasteiger partial charge on any atom is -0.458 e.